The minimum Gasteiger partial charge on any atom is -0.0654 e. The van der Waals surface area contributed by atoms with Crippen molar-refractivity contribution in [2.24, 2.45) is 11.3 Å². The van der Waals surface area contributed by atoms with E-state index < -0.39 is 0 Å². The number of hydrogen-bond donors (Lipinski definition) is 0. The third kappa shape index (κ3) is 5.04. The Morgan fingerprint density at radius 1 is 0.867 bits per heavy atom. The minimum atomic E-state index is 0.611. The lowest BCUT2D eigenvalue weighted by Gasteiger charge is -2.37. The molecule has 2 atom stereocenters. The second-order valence-corrected chi connectivity index (χ2v) is 5.39. The smallest absolute Gasteiger partial charge is 0.0300 e. The van der Waals surface area contributed by atoms with E-state index in [4.69, 9.17) is 0 Å². The van der Waals surface area contributed by atoms with E-state index in [2.05, 4.69) is 34.6 Å². The van der Waals surface area contributed by atoms with Gasteiger partial charge in [-0.3, -0.25) is 0 Å². The van der Waals surface area contributed by atoms with Crippen LogP contribution in [0.25, 0.3) is 0 Å². The van der Waals surface area contributed by atoms with Crippen LogP contribution in [-0.4, -0.2) is 0 Å². The minimum absolute atomic E-state index is 0.611. The van der Waals surface area contributed by atoms with Crippen LogP contribution in [0.5, 0.6) is 0 Å². The van der Waals surface area contributed by atoms with E-state index in [0.717, 1.165) is 5.92 Å². The summed E-state index contributed by atoms with van der Waals surface area (Å²) in [5.74, 6) is 0.965. The molecule has 0 rings (SSSR count). The fourth-order valence-corrected chi connectivity index (χ4v) is 2.88. The predicted molar refractivity (Wildman–Crippen MR) is 71.2 cm³/mol. The van der Waals surface area contributed by atoms with Gasteiger partial charge in [0.15, 0.2) is 0 Å². The van der Waals surface area contributed by atoms with E-state index in [-0.39, 0.29) is 0 Å². The molecule has 0 radical (unpaired) electrons. The van der Waals surface area contributed by atoms with Crippen LogP contribution < -0.4 is 0 Å². The van der Waals surface area contributed by atoms with Crippen molar-refractivity contribution in [2.45, 2.75) is 86.0 Å². The van der Waals surface area contributed by atoms with Crippen molar-refractivity contribution < 1.29 is 0 Å². The Morgan fingerprint density at radius 3 is 1.93 bits per heavy atom. The van der Waals surface area contributed by atoms with E-state index in [1.807, 2.05) is 0 Å². The summed E-state index contributed by atoms with van der Waals surface area (Å²) in [4.78, 5) is 0. The summed E-state index contributed by atoms with van der Waals surface area (Å²) in [5.41, 5.74) is 0.611. The maximum absolute atomic E-state index is 2.52. The maximum atomic E-state index is 2.52. The van der Waals surface area contributed by atoms with Crippen molar-refractivity contribution >= 4 is 0 Å². The molecule has 0 aliphatic heterocycles. The topological polar surface area (TPSA) is 0 Å². The zero-order valence-corrected chi connectivity index (χ0v) is 11.7. The third-order valence-electron chi connectivity index (χ3n) is 4.16. The molecule has 0 nitrogen and oxygen atoms in total. The molecule has 0 spiro atoms. The largest absolute Gasteiger partial charge is 0.0654 e. The molecule has 0 saturated carbocycles. The van der Waals surface area contributed by atoms with Gasteiger partial charge in [0.1, 0.15) is 0 Å². The highest BCUT2D eigenvalue weighted by Crippen LogP contribution is 2.41. The summed E-state index contributed by atoms with van der Waals surface area (Å²) in [6.45, 7) is 11.9. The van der Waals surface area contributed by atoms with Gasteiger partial charge in [-0.25, -0.2) is 0 Å². The van der Waals surface area contributed by atoms with Gasteiger partial charge in [-0.05, 0) is 24.2 Å². The van der Waals surface area contributed by atoms with Crippen LogP contribution in [0.15, 0.2) is 0 Å². The van der Waals surface area contributed by atoms with Crippen LogP contribution in [0.4, 0.5) is 0 Å². The highest BCUT2D eigenvalue weighted by atomic mass is 14.3. The van der Waals surface area contributed by atoms with Gasteiger partial charge in [0.05, 0.1) is 0 Å². The van der Waals surface area contributed by atoms with Crippen LogP contribution in [0, 0.1) is 11.3 Å². The van der Waals surface area contributed by atoms with Gasteiger partial charge < -0.3 is 0 Å². The molecule has 0 aromatic heterocycles. The molecule has 0 heterocycles. The van der Waals surface area contributed by atoms with E-state index >= 15 is 0 Å². The molecule has 0 amide bonds. The first-order valence-corrected chi connectivity index (χ1v) is 7.14. The zero-order valence-electron chi connectivity index (χ0n) is 11.7. The Labute approximate surface area is 97.8 Å². The molecule has 0 N–H and O–H groups in total. The third-order valence-corrected chi connectivity index (χ3v) is 4.16. The van der Waals surface area contributed by atoms with E-state index in [1.165, 1.54) is 51.4 Å². The average molecular weight is 212 g/mol. The summed E-state index contributed by atoms with van der Waals surface area (Å²) in [6.07, 6.45) is 11.1. The molecule has 0 aromatic carbocycles. The SMILES string of the molecule is CCCCC(CCC)C(C)(CC)CCC. The lowest BCUT2D eigenvalue weighted by atomic mass is 9.68. The average Bonchev–Trinajstić information content (AvgIpc) is 2.24. The molecule has 2 unspecified atom stereocenters. The fourth-order valence-electron chi connectivity index (χ4n) is 2.88. The number of hydrogen-bond acceptors (Lipinski definition) is 0. The van der Waals surface area contributed by atoms with Crippen molar-refractivity contribution in [3.63, 3.8) is 0 Å². The first-order valence-electron chi connectivity index (χ1n) is 7.14. The lowest BCUT2D eigenvalue weighted by Crippen LogP contribution is -2.26. The molecular weight excluding hydrogens is 180 g/mol. The Kier molecular flexibility index (Phi) is 8.19. The molecule has 92 valence electrons. The molecule has 0 saturated heterocycles. The summed E-state index contributed by atoms with van der Waals surface area (Å²) in [5, 5.41) is 0. The van der Waals surface area contributed by atoms with E-state index in [9.17, 15) is 0 Å². The van der Waals surface area contributed by atoms with Crippen LogP contribution in [0.3, 0.4) is 0 Å². The van der Waals surface area contributed by atoms with Gasteiger partial charge in [-0.15, -0.1) is 0 Å². The van der Waals surface area contributed by atoms with E-state index in [1.54, 1.807) is 0 Å². The summed E-state index contributed by atoms with van der Waals surface area (Å²) in [6, 6.07) is 0. The lowest BCUT2D eigenvalue weighted by molar-refractivity contribution is 0.135. The molecule has 0 bridgehead atoms. The van der Waals surface area contributed by atoms with Crippen molar-refractivity contribution in [1.82, 2.24) is 0 Å². The van der Waals surface area contributed by atoms with Crippen molar-refractivity contribution in [3.8, 4) is 0 Å². The zero-order chi connectivity index (χ0) is 11.7. The van der Waals surface area contributed by atoms with Gasteiger partial charge in [-0.1, -0.05) is 73.1 Å². The van der Waals surface area contributed by atoms with Gasteiger partial charge >= 0.3 is 0 Å². The molecular formula is C15H32. The second kappa shape index (κ2) is 8.19. The van der Waals surface area contributed by atoms with Crippen molar-refractivity contribution in [1.29, 1.82) is 0 Å². The standard InChI is InChI=1S/C15H32/c1-6-10-12-14(11-7-2)15(5,9-4)13-8-3/h14H,6-13H2,1-5H3. The Morgan fingerprint density at radius 2 is 1.53 bits per heavy atom. The van der Waals surface area contributed by atoms with Crippen LogP contribution in [0.1, 0.15) is 86.0 Å². The summed E-state index contributed by atoms with van der Waals surface area (Å²) >= 11 is 0. The molecule has 0 aliphatic rings. The molecule has 0 heteroatoms. The molecule has 0 aromatic rings. The first kappa shape index (κ1) is 15.0. The van der Waals surface area contributed by atoms with Gasteiger partial charge in [-0.2, -0.15) is 0 Å². The number of unbranched alkanes of at least 4 members (excludes halogenated alkanes) is 1. The second-order valence-electron chi connectivity index (χ2n) is 5.39. The highest BCUT2D eigenvalue weighted by Gasteiger charge is 2.30. The Bertz CT molecular complexity index is 139. The van der Waals surface area contributed by atoms with Crippen LogP contribution >= 0.6 is 0 Å². The van der Waals surface area contributed by atoms with Crippen LogP contribution in [0.2, 0.25) is 0 Å². The normalized spacial score (nSPS) is 17.4. The Hall–Kier alpha value is 0. The molecule has 0 aliphatic carbocycles. The van der Waals surface area contributed by atoms with Gasteiger partial charge in [0.2, 0.25) is 0 Å². The van der Waals surface area contributed by atoms with Crippen molar-refractivity contribution in [2.75, 3.05) is 0 Å². The quantitative estimate of drug-likeness (QED) is 0.452. The van der Waals surface area contributed by atoms with Gasteiger partial charge in [0, 0.05) is 0 Å². The monoisotopic (exact) mass is 212 g/mol. The first-order chi connectivity index (χ1) is 7.14. The molecule has 0 fully saturated rings. The summed E-state index contributed by atoms with van der Waals surface area (Å²) in [7, 11) is 0. The Balaban J connectivity index is 4.37. The van der Waals surface area contributed by atoms with Crippen molar-refractivity contribution in [3.05, 3.63) is 0 Å². The fraction of sp³-hybridized carbons (Fsp3) is 1.00. The van der Waals surface area contributed by atoms with Crippen LogP contribution in [-0.2, 0) is 0 Å². The summed E-state index contributed by atoms with van der Waals surface area (Å²) < 4.78 is 0. The highest BCUT2D eigenvalue weighted by molar-refractivity contribution is 4.81. The number of rotatable bonds is 9. The predicted octanol–water partition coefficient (Wildman–Crippen LogP) is 5.81. The van der Waals surface area contributed by atoms with Gasteiger partial charge in [0.25, 0.3) is 0 Å². The maximum Gasteiger partial charge on any atom is -0.0300 e. The van der Waals surface area contributed by atoms with E-state index in [0.29, 0.717) is 5.41 Å². The molecule has 15 heavy (non-hydrogen) atoms.